The topological polar surface area (TPSA) is 134 Å². The fraction of sp³-hybridized carbons (Fsp3) is 0.364. The molecule has 47 heavy (non-hydrogen) atoms. The van der Waals surface area contributed by atoms with Gasteiger partial charge in [0.25, 0.3) is 0 Å². The predicted molar refractivity (Wildman–Crippen MR) is 171 cm³/mol. The fourth-order valence-corrected chi connectivity index (χ4v) is 6.60. The Labute approximate surface area is 272 Å². The molecular weight excluding hydrogens is 625 g/mol. The minimum absolute atomic E-state index is 0.0278. The van der Waals surface area contributed by atoms with Crippen LogP contribution >= 0.6 is 0 Å². The lowest BCUT2D eigenvalue weighted by molar-refractivity contribution is -0.784. The molecule has 1 unspecified atom stereocenters. The molecule has 0 bridgehead atoms. The monoisotopic (exact) mass is 662 g/mol. The van der Waals surface area contributed by atoms with Crippen LogP contribution in [0.5, 0.6) is 5.75 Å². The lowest BCUT2D eigenvalue weighted by Crippen LogP contribution is -2.45. The SMILES string of the molecule is CCOC(C)n1cc(-c2ncn3nc(Nc4ccc(S(=O)(=O)c5cccc(C(C)=O)c5)cc4F)nc3c2OC(C)C)c[n+]1CC1CC1. The van der Waals surface area contributed by atoms with E-state index in [1.807, 2.05) is 40.1 Å². The molecule has 0 spiro atoms. The maximum Gasteiger partial charge on any atom is 0.247 e. The minimum Gasteiger partial charge on any atom is -0.485 e. The van der Waals surface area contributed by atoms with Gasteiger partial charge in [-0.2, -0.15) is 9.50 Å². The summed E-state index contributed by atoms with van der Waals surface area (Å²) < 4.78 is 59.6. The Bertz CT molecular complexity index is 2070. The average molecular weight is 663 g/mol. The second kappa shape index (κ2) is 12.8. The summed E-state index contributed by atoms with van der Waals surface area (Å²) in [6.45, 7) is 10.6. The number of aromatic nitrogens is 6. The third-order valence-corrected chi connectivity index (χ3v) is 9.55. The van der Waals surface area contributed by atoms with Crippen molar-refractivity contribution in [2.24, 2.45) is 5.92 Å². The highest BCUT2D eigenvalue weighted by Gasteiger charge is 2.31. The van der Waals surface area contributed by atoms with Crippen LogP contribution < -0.4 is 14.7 Å². The van der Waals surface area contributed by atoms with Crippen molar-refractivity contribution in [3.8, 4) is 17.0 Å². The van der Waals surface area contributed by atoms with Crippen molar-refractivity contribution in [1.29, 1.82) is 0 Å². The molecule has 0 amide bonds. The number of anilines is 2. The second-order valence-corrected chi connectivity index (χ2v) is 13.8. The molecule has 1 saturated carbocycles. The van der Waals surface area contributed by atoms with E-state index in [1.165, 1.54) is 67.0 Å². The first-order valence-electron chi connectivity index (χ1n) is 15.5. The number of benzene rings is 2. The molecule has 5 aromatic rings. The van der Waals surface area contributed by atoms with Crippen molar-refractivity contribution in [2.75, 3.05) is 11.9 Å². The lowest BCUT2D eigenvalue weighted by atomic mass is 10.2. The van der Waals surface area contributed by atoms with Gasteiger partial charge in [-0.15, -0.1) is 14.5 Å². The number of ether oxygens (including phenoxy) is 2. The zero-order chi connectivity index (χ0) is 33.5. The van der Waals surface area contributed by atoms with E-state index in [2.05, 4.69) is 29.7 Å². The van der Waals surface area contributed by atoms with E-state index in [0.717, 1.165) is 18.2 Å². The van der Waals surface area contributed by atoms with Gasteiger partial charge in [0.2, 0.25) is 27.6 Å². The van der Waals surface area contributed by atoms with Crippen molar-refractivity contribution in [1.82, 2.24) is 24.3 Å². The van der Waals surface area contributed by atoms with E-state index < -0.39 is 15.7 Å². The first kappa shape index (κ1) is 32.3. The van der Waals surface area contributed by atoms with Crippen molar-refractivity contribution >= 4 is 32.9 Å². The number of carbonyl (C=O) groups is 1. The van der Waals surface area contributed by atoms with Gasteiger partial charge in [-0.3, -0.25) is 4.79 Å². The van der Waals surface area contributed by atoms with Gasteiger partial charge >= 0.3 is 0 Å². The molecule has 1 aliphatic carbocycles. The highest BCUT2D eigenvalue weighted by atomic mass is 32.2. The Balaban J connectivity index is 1.33. The largest absolute Gasteiger partial charge is 0.485 e. The van der Waals surface area contributed by atoms with Crippen LogP contribution in [0.25, 0.3) is 16.9 Å². The molecule has 0 radical (unpaired) electrons. The van der Waals surface area contributed by atoms with Crippen LogP contribution in [0.1, 0.15) is 64.0 Å². The predicted octanol–water partition coefficient (Wildman–Crippen LogP) is 5.55. The summed E-state index contributed by atoms with van der Waals surface area (Å²) in [6.07, 6.45) is 7.56. The fourth-order valence-electron chi connectivity index (χ4n) is 5.28. The first-order valence-corrected chi connectivity index (χ1v) is 17.0. The van der Waals surface area contributed by atoms with Crippen LogP contribution in [-0.2, 0) is 21.1 Å². The summed E-state index contributed by atoms with van der Waals surface area (Å²) in [5.41, 5.74) is 1.99. The first-order chi connectivity index (χ1) is 22.4. The summed E-state index contributed by atoms with van der Waals surface area (Å²) in [7, 11) is -4.08. The molecule has 0 saturated heterocycles. The summed E-state index contributed by atoms with van der Waals surface area (Å²) >= 11 is 0. The highest BCUT2D eigenvalue weighted by Crippen LogP contribution is 2.34. The molecule has 1 atom stereocenters. The van der Waals surface area contributed by atoms with Gasteiger partial charge in [0, 0.05) is 18.1 Å². The number of halogens is 1. The number of sulfone groups is 1. The number of ketones is 1. The quantitative estimate of drug-likeness (QED) is 0.127. The molecule has 0 aliphatic heterocycles. The van der Waals surface area contributed by atoms with Crippen molar-refractivity contribution in [2.45, 2.75) is 76.1 Å². The molecule has 3 heterocycles. The number of rotatable bonds is 13. The van der Waals surface area contributed by atoms with Crippen LogP contribution in [-0.4, -0.2) is 51.2 Å². The smallest absolute Gasteiger partial charge is 0.247 e. The summed E-state index contributed by atoms with van der Waals surface area (Å²) in [5.74, 6) is 0.0127. The van der Waals surface area contributed by atoms with Crippen LogP contribution in [0.2, 0.25) is 0 Å². The van der Waals surface area contributed by atoms with Gasteiger partial charge in [0.1, 0.15) is 17.8 Å². The zero-order valence-corrected chi connectivity index (χ0v) is 27.7. The third-order valence-electron chi connectivity index (χ3n) is 7.80. The molecule has 12 nitrogen and oxygen atoms in total. The van der Waals surface area contributed by atoms with Gasteiger partial charge < -0.3 is 14.8 Å². The Morgan fingerprint density at radius 2 is 1.91 bits per heavy atom. The minimum atomic E-state index is -4.08. The van der Waals surface area contributed by atoms with Crippen molar-refractivity contribution in [3.63, 3.8) is 0 Å². The van der Waals surface area contributed by atoms with E-state index in [1.54, 1.807) is 0 Å². The third kappa shape index (κ3) is 6.74. The molecule has 1 aliphatic rings. The molecule has 3 aromatic heterocycles. The second-order valence-electron chi connectivity index (χ2n) is 11.9. The van der Waals surface area contributed by atoms with E-state index >= 15 is 4.39 Å². The summed E-state index contributed by atoms with van der Waals surface area (Å²) in [6, 6.07) is 9.16. The molecule has 2 aromatic carbocycles. The van der Waals surface area contributed by atoms with Gasteiger partial charge in [-0.25, -0.2) is 17.8 Å². The maximum absolute atomic E-state index is 15.3. The number of carbonyl (C=O) groups excluding carboxylic acids is 1. The van der Waals surface area contributed by atoms with Gasteiger partial charge in [0.05, 0.1) is 33.3 Å². The Kier molecular flexibility index (Phi) is 8.81. The van der Waals surface area contributed by atoms with E-state index in [9.17, 15) is 13.2 Å². The standard InChI is InChI=1S/C33H37FN7O5S/c1-6-45-22(5)41-18-25(17-39(41)16-23-10-11-23)30-31(46-20(2)3)32-37-33(38-40(32)19-35-30)36-29-13-12-27(15-28(29)34)47(43,44)26-9-7-8-24(14-26)21(4)42/h7-9,12-15,17-20,22-23H,6,10-11,16H2,1-5H3,(H,36,38)/q+1. The molecule has 1 fully saturated rings. The zero-order valence-electron chi connectivity index (χ0n) is 26.8. The molecule has 6 rings (SSSR count). The van der Waals surface area contributed by atoms with Crippen molar-refractivity contribution in [3.05, 3.63) is 72.6 Å². The van der Waals surface area contributed by atoms with Crippen LogP contribution in [0, 0.1) is 11.7 Å². The van der Waals surface area contributed by atoms with Gasteiger partial charge in [-0.1, -0.05) is 12.1 Å². The number of nitrogens with one attached hydrogen (secondary N) is 1. The Morgan fingerprint density at radius 1 is 1.15 bits per heavy atom. The molecule has 1 N–H and O–H groups in total. The number of nitrogens with zero attached hydrogens (tertiary/aromatic N) is 6. The van der Waals surface area contributed by atoms with Gasteiger partial charge in [0.15, 0.2) is 24.3 Å². The summed E-state index contributed by atoms with van der Waals surface area (Å²) in [5, 5.41) is 7.27. The van der Waals surface area contributed by atoms with E-state index in [4.69, 9.17) is 9.47 Å². The average Bonchev–Trinajstić information content (AvgIpc) is 3.59. The van der Waals surface area contributed by atoms with E-state index in [0.29, 0.717) is 29.6 Å². The Hall–Kier alpha value is -4.69. The van der Waals surface area contributed by atoms with Crippen LogP contribution in [0.4, 0.5) is 16.0 Å². The molecule has 14 heteroatoms. The normalized spacial score (nSPS) is 14.1. The lowest BCUT2D eigenvalue weighted by Gasteiger charge is -2.12. The molecular formula is C33H37FN7O5S+. The number of Topliss-reactive ketones (excluding diaryl/α,β-unsaturated/α-hetero) is 1. The molecule has 246 valence electrons. The Morgan fingerprint density at radius 3 is 2.60 bits per heavy atom. The summed E-state index contributed by atoms with van der Waals surface area (Å²) in [4.78, 5) is 20.7. The number of fused-ring (bicyclic) bond motifs is 1. The number of hydrogen-bond acceptors (Lipinski definition) is 9. The van der Waals surface area contributed by atoms with Crippen LogP contribution in [0.15, 0.2) is 71.0 Å². The van der Waals surface area contributed by atoms with Crippen molar-refractivity contribution < 1.29 is 31.8 Å². The van der Waals surface area contributed by atoms with E-state index in [-0.39, 0.29) is 45.1 Å². The van der Waals surface area contributed by atoms with Gasteiger partial charge in [-0.05, 0) is 77.8 Å². The highest BCUT2D eigenvalue weighted by molar-refractivity contribution is 7.91. The van der Waals surface area contributed by atoms with Crippen LogP contribution in [0.3, 0.4) is 0 Å². The maximum atomic E-state index is 15.3. The number of hydrogen-bond donors (Lipinski definition) is 1.